The molecule has 5 nitrogen and oxygen atoms in total. The van der Waals surface area contributed by atoms with E-state index in [4.69, 9.17) is 27.9 Å². The summed E-state index contributed by atoms with van der Waals surface area (Å²) in [4.78, 5) is 16.8. The summed E-state index contributed by atoms with van der Waals surface area (Å²) >= 11 is 14.1. The molecule has 0 aliphatic carbocycles. The van der Waals surface area contributed by atoms with E-state index < -0.39 is 13.3 Å². The lowest BCUT2D eigenvalue weighted by molar-refractivity contribution is 0.0531. The molecule has 0 spiro atoms. The molecule has 9 heteroatoms. The van der Waals surface area contributed by atoms with Crippen LogP contribution >= 0.6 is 41.8 Å². The van der Waals surface area contributed by atoms with E-state index in [1.807, 2.05) is 60.7 Å². The van der Waals surface area contributed by atoms with Crippen LogP contribution in [-0.4, -0.2) is 17.6 Å². The minimum Gasteiger partial charge on any atom is -0.462 e. The third-order valence-corrected chi connectivity index (χ3v) is 8.25. The second-order valence-corrected chi connectivity index (χ2v) is 10.6. The maximum absolute atomic E-state index is 14.0. The van der Waals surface area contributed by atoms with E-state index in [1.165, 1.54) is 11.6 Å². The van der Waals surface area contributed by atoms with Crippen molar-refractivity contribution >= 4 is 63.0 Å². The molecule has 1 heterocycles. The first-order chi connectivity index (χ1) is 15.3. The van der Waals surface area contributed by atoms with Gasteiger partial charge in [-0.3, -0.25) is 4.57 Å². The molecule has 0 amide bonds. The molecule has 0 aliphatic rings. The van der Waals surface area contributed by atoms with Gasteiger partial charge in [-0.2, -0.15) is 0 Å². The fraction of sp³-hybridized carbons (Fsp3) is 0.130. The molecule has 1 aromatic heterocycles. The first-order valence-corrected chi connectivity index (χ1v) is 13.1. The topological polar surface area (TPSA) is 68.3 Å². The molecule has 1 N–H and O–H groups in total. The van der Waals surface area contributed by atoms with Crippen LogP contribution in [0, 0.1) is 6.92 Å². The van der Waals surface area contributed by atoms with E-state index in [2.05, 4.69) is 10.1 Å². The second-order valence-electron chi connectivity index (χ2n) is 6.66. The maximum Gasteiger partial charge on any atom is 0.350 e. The number of thiazole rings is 1. The van der Waals surface area contributed by atoms with Gasteiger partial charge in [0.2, 0.25) is 7.29 Å². The van der Waals surface area contributed by atoms with Crippen LogP contribution in [0.15, 0.2) is 72.3 Å². The van der Waals surface area contributed by atoms with E-state index in [0.717, 1.165) is 11.3 Å². The Morgan fingerprint density at radius 3 is 2.00 bits per heavy atom. The number of carbonyl (C=O) groups is 1. The van der Waals surface area contributed by atoms with Gasteiger partial charge >= 0.3 is 5.97 Å². The average molecular weight is 507 g/mol. The summed E-state index contributed by atoms with van der Waals surface area (Å²) in [6, 6.07) is 18.4. The SMILES string of the molecule is CCOC(=O)c1sc(NP(=O)(C=C(Cl)c2ccccc2)C=C(Cl)c2ccccc2)nc1C. The number of nitrogens with zero attached hydrogens (tertiary/aromatic N) is 1. The minimum atomic E-state index is -3.48. The molecule has 166 valence electrons. The summed E-state index contributed by atoms with van der Waals surface area (Å²) < 4.78 is 19.0. The van der Waals surface area contributed by atoms with Gasteiger partial charge in [0.1, 0.15) is 4.88 Å². The van der Waals surface area contributed by atoms with E-state index in [0.29, 0.717) is 36.9 Å². The average Bonchev–Trinajstić information content (AvgIpc) is 3.14. The second kappa shape index (κ2) is 11.0. The zero-order chi connectivity index (χ0) is 23.1. The molecule has 0 aliphatic heterocycles. The van der Waals surface area contributed by atoms with Crippen LogP contribution in [0.2, 0.25) is 0 Å². The summed E-state index contributed by atoms with van der Waals surface area (Å²) in [5.41, 5.74) is 1.91. The third kappa shape index (κ3) is 6.33. The fourth-order valence-corrected chi connectivity index (χ4v) is 6.73. The molecule has 32 heavy (non-hydrogen) atoms. The molecular formula is C23H21Cl2N2O3PS. The summed E-state index contributed by atoms with van der Waals surface area (Å²) in [5.74, 6) is 2.41. The number of nitrogens with one attached hydrogen (secondary N) is 1. The molecular weight excluding hydrogens is 486 g/mol. The lowest BCUT2D eigenvalue weighted by atomic mass is 10.2. The van der Waals surface area contributed by atoms with Crippen LogP contribution in [0.3, 0.4) is 0 Å². The molecule has 0 saturated carbocycles. The summed E-state index contributed by atoms with van der Waals surface area (Å²) in [7, 11) is -3.48. The van der Waals surface area contributed by atoms with Gasteiger partial charge in [0.05, 0.1) is 22.4 Å². The number of hydrogen-bond acceptors (Lipinski definition) is 5. The highest BCUT2D eigenvalue weighted by atomic mass is 35.5. The van der Waals surface area contributed by atoms with Crippen LogP contribution < -0.4 is 5.09 Å². The maximum atomic E-state index is 14.0. The number of halogens is 2. The van der Waals surface area contributed by atoms with Gasteiger partial charge in [-0.05, 0) is 25.0 Å². The van der Waals surface area contributed by atoms with Crippen molar-refractivity contribution in [2.75, 3.05) is 11.7 Å². The lowest BCUT2D eigenvalue weighted by Crippen LogP contribution is -2.03. The van der Waals surface area contributed by atoms with Gasteiger partial charge < -0.3 is 9.82 Å². The monoisotopic (exact) mass is 506 g/mol. The van der Waals surface area contributed by atoms with Gasteiger partial charge in [0.15, 0.2) is 5.13 Å². The van der Waals surface area contributed by atoms with Gasteiger partial charge in [0.25, 0.3) is 0 Å². The molecule has 0 atom stereocenters. The Balaban J connectivity index is 2.02. The number of benzene rings is 2. The largest absolute Gasteiger partial charge is 0.462 e. The van der Waals surface area contributed by atoms with Gasteiger partial charge in [-0.1, -0.05) is 95.2 Å². The van der Waals surface area contributed by atoms with Gasteiger partial charge in [-0.15, -0.1) is 0 Å². The number of rotatable bonds is 8. The van der Waals surface area contributed by atoms with Crippen LogP contribution in [0.5, 0.6) is 0 Å². The van der Waals surface area contributed by atoms with Crippen molar-refractivity contribution in [1.82, 2.24) is 4.98 Å². The Morgan fingerprint density at radius 2 is 1.53 bits per heavy atom. The first-order valence-electron chi connectivity index (χ1n) is 9.71. The highest BCUT2D eigenvalue weighted by molar-refractivity contribution is 7.72. The molecule has 0 saturated heterocycles. The summed E-state index contributed by atoms with van der Waals surface area (Å²) in [6.45, 7) is 3.68. The fourth-order valence-electron chi connectivity index (χ4n) is 2.76. The third-order valence-electron chi connectivity index (χ3n) is 4.24. The number of anilines is 1. The number of hydrogen-bond donors (Lipinski definition) is 1. The lowest BCUT2D eigenvalue weighted by Gasteiger charge is -2.13. The van der Waals surface area contributed by atoms with Crippen LogP contribution in [0.25, 0.3) is 10.1 Å². The van der Waals surface area contributed by atoms with Crippen LogP contribution in [0.1, 0.15) is 33.4 Å². The standard InChI is InChI=1S/C23H21Cl2N2O3PS/c1-3-30-22(28)21-16(2)26-23(32-21)27-31(29,14-19(24)17-10-6-4-7-11-17)15-20(25)18-12-8-5-9-13-18/h4-15H,3H2,1-2H3,(H,26,27,29). The summed E-state index contributed by atoms with van der Waals surface area (Å²) in [6.07, 6.45) is 0. The smallest absolute Gasteiger partial charge is 0.350 e. The van der Waals surface area contributed by atoms with E-state index in [1.54, 1.807) is 13.8 Å². The van der Waals surface area contributed by atoms with Crippen molar-refractivity contribution in [3.63, 3.8) is 0 Å². The quantitative estimate of drug-likeness (QED) is 0.249. The zero-order valence-electron chi connectivity index (χ0n) is 17.4. The molecule has 0 radical (unpaired) electrons. The highest BCUT2D eigenvalue weighted by Gasteiger charge is 2.24. The number of aryl methyl sites for hydroxylation is 1. The zero-order valence-corrected chi connectivity index (χ0v) is 20.6. The predicted molar refractivity (Wildman–Crippen MR) is 135 cm³/mol. The van der Waals surface area contributed by atoms with Crippen LogP contribution in [-0.2, 0) is 9.30 Å². The number of ether oxygens (including phenoxy) is 1. The van der Waals surface area contributed by atoms with E-state index >= 15 is 0 Å². The van der Waals surface area contributed by atoms with Crippen molar-refractivity contribution in [3.8, 4) is 0 Å². The Kier molecular flexibility index (Phi) is 8.32. The Labute approximate surface area is 201 Å². The normalized spacial score (nSPS) is 14.0. The Morgan fingerprint density at radius 1 is 1.03 bits per heavy atom. The number of esters is 1. The van der Waals surface area contributed by atoms with Crippen molar-refractivity contribution in [2.45, 2.75) is 13.8 Å². The molecule has 0 bridgehead atoms. The van der Waals surface area contributed by atoms with Crippen molar-refractivity contribution in [2.24, 2.45) is 0 Å². The number of carbonyl (C=O) groups excluding carboxylic acids is 1. The Hall–Kier alpha value is -2.37. The van der Waals surface area contributed by atoms with Crippen molar-refractivity contribution in [1.29, 1.82) is 0 Å². The Bertz CT molecular complexity index is 1130. The molecule has 3 aromatic rings. The molecule has 2 aromatic carbocycles. The van der Waals surface area contributed by atoms with E-state index in [9.17, 15) is 9.36 Å². The highest BCUT2D eigenvalue weighted by Crippen LogP contribution is 2.54. The molecule has 0 fully saturated rings. The van der Waals surface area contributed by atoms with Crippen molar-refractivity contribution < 1.29 is 14.1 Å². The predicted octanol–water partition coefficient (Wildman–Crippen LogP) is 7.79. The first kappa shape index (κ1) is 24.3. The number of aromatic nitrogens is 1. The van der Waals surface area contributed by atoms with E-state index in [-0.39, 0.29) is 6.61 Å². The van der Waals surface area contributed by atoms with Crippen LogP contribution in [0.4, 0.5) is 5.13 Å². The molecule has 0 unspecified atom stereocenters. The minimum absolute atomic E-state index is 0.252. The van der Waals surface area contributed by atoms with Crippen molar-refractivity contribution in [3.05, 3.63) is 94.0 Å². The van der Waals surface area contributed by atoms with Gasteiger partial charge in [0, 0.05) is 11.6 Å². The summed E-state index contributed by atoms with van der Waals surface area (Å²) in [5, 5.41) is 3.85. The molecule has 3 rings (SSSR count). The van der Waals surface area contributed by atoms with Gasteiger partial charge in [-0.25, -0.2) is 9.78 Å².